The van der Waals surface area contributed by atoms with Crippen molar-refractivity contribution < 1.29 is 25.2 Å². The van der Waals surface area contributed by atoms with Crippen LogP contribution in [0.3, 0.4) is 0 Å². The van der Waals surface area contributed by atoms with Gasteiger partial charge >= 0.3 is 0 Å². The first-order valence-corrected chi connectivity index (χ1v) is 11.0. The number of rotatable bonds is 6. The molecule has 0 radical (unpaired) electrons. The molecule has 5 nitrogen and oxygen atoms in total. The van der Waals surface area contributed by atoms with Crippen LogP contribution in [0.15, 0.2) is 42.5 Å². The summed E-state index contributed by atoms with van der Waals surface area (Å²) in [7, 11) is 0. The summed E-state index contributed by atoms with van der Waals surface area (Å²) in [6.45, 7) is 3.97. The van der Waals surface area contributed by atoms with E-state index < -0.39 is 29.0 Å². The summed E-state index contributed by atoms with van der Waals surface area (Å²) in [5.41, 5.74) is 2.39. The Morgan fingerprint density at radius 2 is 1.69 bits per heavy atom. The van der Waals surface area contributed by atoms with E-state index in [0.717, 1.165) is 22.9 Å². The summed E-state index contributed by atoms with van der Waals surface area (Å²) in [5.74, 6) is 0.999. The van der Waals surface area contributed by atoms with Crippen molar-refractivity contribution in [2.24, 2.45) is 0 Å². The van der Waals surface area contributed by atoms with Gasteiger partial charge in [0.2, 0.25) is 0 Å². The number of ether oxygens (including phenoxy) is 1. The molecule has 0 amide bonds. The third-order valence-corrected chi connectivity index (χ3v) is 6.81. The second-order valence-corrected chi connectivity index (χ2v) is 9.42. The molecule has 1 heterocycles. The lowest BCUT2D eigenvalue weighted by atomic mass is 9.98. The van der Waals surface area contributed by atoms with E-state index in [9.17, 15) is 20.4 Å². The van der Waals surface area contributed by atoms with E-state index in [1.165, 1.54) is 5.56 Å². The lowest BCUT2D eigenvalue weighted by Crippen LogP contribution is -2.55. The number of thioether (sulfide) groups is 1. The lowest BCUT2D eigenvalue weighted by molar-refractivity contribution is -0.0910. The Balaban J connectivity index is 1.81. The van der Waals surface area contributed by atoms with Crippen molar-refractivity contribution >= 4 is 23.4 Å². The smallest absolute Gasteiger partial charge is 0.173 e. The van der Waals surface area contributed by atoms with Gasteiger partial charge in [-0.05, 0) is 35.2 Å². The van der Waals surface area contributed by atoms with Crippen molar-refractivity contribution in [2.75, 3.05) is 6.61 Å². The fourth-order valence-electron chi connectivity index (χ4n) is 3.33. The van der Waals surface area contributed by atoms with Crippen molar-refractivity contribution in [3.8, 4) is 5.75 Å². The van der Waals surface area contributed by atoms with Gasteiger partial charge in [-0.3, -0.25) is 0 Å². The summed E-state index contributed by atoms with van der Waals surface area (Å²) >= 11 is 7.30. The normalized spacial score (nSPS) is 27.2. The van der Waals surface area contributed by atoms with Crippen LogP contribution in [0.2, 0.25) is 5.02 Å². The minimum Gasteiger partial charge on any atom is -0.477 e. The van der Waals surface area contributed by atoms with E-state index in [-0.39, 0.29) is 6.61 Å². The molecular weight excluding hydrogens is 412 g/mol. The van der Waals surface area contributed by atoms with Crippen LogP contribution in [-0.4, -0.2) is 56.0 Å². The quantitative estimate of drug-likeness (QED) is 0.554. The molecule has 4 N–H and O–H groups in total. The number of aliphatic hydroxyl groups excluding tert-OH is 4. The maximum absolute atomic E-state index is 10.3. The van der Waals surface area contributed by atoms with Gasteiger partial charge in [0.25, 0.3) is 0 Å². The van der Waals surface area contributed by atoms with Crippen molar-refractivity contribution in [1.82, 2.24) is 0 Å². The molecule has 1 saturated heterocycles. The third kappa shape index (κ3) is 5.26. The van der Waals surface area contributed by atoms with Gasteiger partial charge in [-0.2, -0.15) is 0 Å². The maximum atomic E-state index is 10.3. The molecule has 0 aromatic heterocycles. The zero-order chi connectivity index (χ0) is 21.1. The number of aliphatic hydroxyl groups is 4. The molecule has 2 aromatic carbocycles. The van der Waals surface area contributed by atoms with E-state index in [4.69, 9.17) is 16.3 Å². The number of hydrogen-bond donors (Lipinski definition) is 4. The number of benzene rings is 2. The SMILES string of the molecule is CC(C)c1ccc(Cc2cc(Cl)ccc2O[C@@H]2S[C@H](CO)[C@@H](O)[C@H](O)[C@H]2O)cc1. The summed E-state index contributed by atoms with van der Waals surface area (Å²) < 4.78 is 6.01. The topological polar surface area (TPSA) is 90.2 Å². The monoisotopic (exact) mass is 438 g/mol. The molecule has 1 aliphatic rings. The van der Waals surface area contributed by atoms with Crippen LogP contribution in [0.25, 0.3) is 0 Å². The summed E-state index contributed by atoms with van der Waals surface area (Å²) in [6.07, 6.45) is -3.30. The average molecular weight is 439 g/mol. The van der Waals surface area contributed by atoms with E-state index in [0.29, 0.717) is 23.1 Å². The van der Waals surface area contributed by atoms with Crippen LogP contribution in [0.5, 0.6) is 5.75 Å². The third-order valence-electron chi connectivity index (χ3n) is 5.16. The highest BCUT2D eigenvalue weighted by Gasteiger charge is 2.44. The summed E-state index contributed by atoms with van der Waals surface area (Å²) in [6, 6.07) is 13.6. The molecule has 7 heteroatoms. The Morgan fingerprint density at radius 1 is 1.00 bits per heavy atom. The van der Waals surface area contributed by atoms with Crippen molar-refractivity contribution in [1.29, 1.82) is 0 Å². The minimum atomic E-state index is -1.39. The van der Waals surface area contributed by atoms with E-state index in [2.05, 4.69) is 38.1 Å². The molecule has 0 aliphatic carbocycles. The van der Waals surface area contributed by atoms with Gasteiger partial charge in [0.1, 0.15) is 18.0 Å². The van der Waals surface area contributed by atoms with Crippen LogP contribution in [0.4, 0.5) is 0 Å². The first-order chi connectivity index (χ1) is 13.8. The molecule has 29 heavy (non-hydrogen) atoms. The Hall–Kier alpha value is -1.28. The zero-order valence-corrected chi connectivity index (χ0v) is 18.0. The molecule has 1 aliphatic heterocycles. The highest BCUT2D eigenvalue weighted by molar-refractivity contribution is 8.00. The molecule has 158 valence electrons. The van der Waals surface area contributed by atoms with Crippen molar-refractivity contribution in [3.05, 3.63) is 64.2 Å². The van der Waals surface area contributed by atoms with Gasteiger partial charge in [0.05, 0.1) is 18.0 Å². The molecule has 0 bridgehead atoms. The summed E-state index contributed by atoms with van der Waals surface area (Å²) in [5, 5.41) is 39.8. The summed E-state index contributed by atoms with van der Waals surface area (Å²) in [4.78, 5) is 0. The standard InChI is InChI=1S/C22H27ClO5S/c1-12(2)14-5-3-13(4-6-14)9-15-10-16(23)7-8-17(15)28-22-21(27)20(26)19(25)18(11-24)29-22/h3-8,10,12,18-22,24-27H,9,11H2,1-2H3/t18-,19-,20+,21-,22-/m1/s1. The second-order valence-electron chi connectivity index (χ2n) is 7.64. The number of hydrogen-bond acceptors (Lipinski definition) is 6. The second kappa shape index (κ2) is 9.69. The molecule has 5 atom stereocenters. The number of halogens is 1. The van der Waals surface area contributed by atoms with Gasteiger partial charge in [0.15, 0.2) is 5.44 Å². The Morgan fingerprint density at radius 3 is 2.31 bits per heavy atom. The zero-order valence-electron chi connectivity index (χ0n) is 16.4. The molecule has 2 aromatic rings. The molecule has 1 fully saturated rings. The minimum absolute atomic E-state index is 0.328. The predicted octanol–water partition coefficient (Wildman–Crippen LogP) is 2.95. The molecule has 0 spiro atoms. The first kappa shape index (κ1) is 22.4. The van der Waals surface area contributed by atoms with Gasteiger partial charge in [0, 0.05) is 17.0 Å². The van der Waals surface area contributed by atoms with Gasteiger partial charge in [-0.15, -0.1) is 11.8 Å². The largest absolute Gasteiger partial charge is 0.477 e. The van der Waals surface area contributed by atoms with Gasteiger partial charge in [-0.1, -0.05) is 49.7 Å². The van der Waals surface area contributed by atoms with Crippen LogP contribution in [0, 0.1) is 0 Å². The maximum Gasteiger partial charge on any atom is 0.173 e. The molecular formula is C22H27ClO5S. The Kier molecular flexibility index (Phi) is 7.48. The van der Waals surface area contributed by atoms with Crippen LogP contribution >= 0.6 is 23.4 Å². The van der Waals surface area contributed by atoms with Gasteiger partial charge in [-0.25, -0.2) is 0 Å². The first-order valence-electron chi connectivity index (χ1n) is 9.64. The van der Waals surface area contributed by atoms with Gasteiger partial charge < -0.3 is 25.2 Å². The van der Waals surface area contributed by atoms with Crippen LogP contribution in [0.1, 0.15) is 36.5 Å². The van der Waals surface area contributed by atoms with E-state index >= 15 is 0 Å². The molecule has 3 rings (SSSR count). The predicted molar refractivity (Wildman–Crippen MR) is 116 cm³/mol. The highest BCUT2D eigenvalue weighted by atomic mass is 35.5. The highest BCUT2D eigenvalue weighted by Crippen LogP contribution is 2.36. The Bertz CT molecular complexity index is 811. The van der Waals surface area contributed by atoms with E-state index in [1.807, 2.05) is 6.07 Å². The average Bonchev–Trinajstić information content (AvgIpc) is 2.70. The Labute approximate surface area is 180 Å². The lowest BCUT2D eigenvalue weighted by Gasteiger charge is -2.39. The fourth-order valence-corrected chi connectivity index (χ4v) is 4.76. The van der Waals surface area contributed by atoms with Crippen LogP contribution in [-0.2, 0) is 6.42 Å². The van der Waals surface area contributed by atoms with E-state index in [1.54, 1.807) is 12.1 Å². The van der Waals surface area contributed by atoms with Crippen LogP contribution < -0.4 is 4.74 Å². The fraction of sp³-hybridized carbons (Fsp3) is 0.455. The van der Waals surface area contributed by atoms with Crippen molar-refractivity contribution in [2.45, 2.75) is 55.2 Å². The molecule has 0 unspecified atom stereocenters. The van der Waals surface area contributed by atoms with Crippen molar-refractivity contribution in [3.63, 3.8) is 0 Å². The molecule has 0 saturated carbocycles.